The van der Waals surface area contributed by atoms with Gasteiger partial charge in [0.1, 0.15) is 17.4 Å². The number of aromatic carboxylic acids is 1. The summed E-state index contributed by atoms with van der Waals surface area (Å²) in [6.45, 7) is -0.926. The molecule has 1 atom stereocenters. The minimum absolute atomic E-state index is 0.149. The minimum atomic E-state index is -5.02. The summed E-state index contributed by atoms with van der Waals surface area (Å²) in [5.74, 6) is -6.86. The number of carboxylic acid groups (broad SMARTS) is 1. The average molecular weight is 592 g/mol. The van der Waals surface area contributed by atoms with Crippen molar-refractivity contribution in [3.63, 3.8) is 0 Å². The van der Waals surface area contributed by atoms with E-state index in [1.165, 1.54) is 7.05 Å². The van der Waals surface area contributed by atoms with E-state index in [9.17, 15) is 42.7 Å². The fourth-order valence-corrected chi connectivity index (χ4v) is 4.38. The van der Waals surface area contributed by atoms with E-state index in [4.69, 9.17) is 14.2 Å². The van der Waals surface area contributed by atoms with Gasteiger partial charge in [-0.1, -0.05) is 0 Å². The first-order valence-electron chi connectivity index (χ1n) is 11.4. The number of carbonyl (C=O) groups excluding carboxylic acids is 2. The lowest BCUT2D eigenvalue weighted by Gasteiger charge is -2.19. The number of phosphoric acid groups is 1. The second-order valence-electron chi connectivity index (χ2n) is 8.55. The normalized spacial score (nSPS) is 12.3. The molecule has 2 aromatic rings. The van der Waals surface area contributed by atoms with Crippen LogP contribution >= 0.6 is 7.82 Å². The van der Waals surface area contributed by atoms with E-state index in [-0.39, 0.29) is 39.0 Å². The van der Waals surface area contributed by atoms with Crippen LogP contribution in [0.3, 0.4) is 0 Å². The fraction of sp³-hybridized carbons (Fsp3) is 0.120. The number of hydrogen-bond donors (Lipinski definition) is 6. The molecule has 0 spiro atoms. The molecule has 1 aliphatic heterocycles. The van der Waals surface area contributed by atoms with Crippen molar-refractivity contribution in [2.24, 2.45) is 0 Å². The van der Waals surface area contributed by atoms with E-state index in [2.05, 4.69) is 15.2 Å². The number of fused-ring (bicyclic) bond motifs is 2. The van der Waals surface area contributed by atoms with E-state index in [0.717, 1.165) is 42.5 Å². The van der Waals surface area contributed by atoms with E-state index in [1.807, 2.05) is 0 Å². The molecule has 1 heterocycles. The second-order valence-corrected chi connectivity index (χ2v) is 9.79. The van der Waals surface area contributed by atoms with Crippen LogP contribution in [0.1, 0.15) is 20.7 Å². The number of amides is 2. The van der Waals surface area contributed by atoms with Gasteiger partial charge in [0.2, 0.25) is 11.3 Å². The third kappa shape index (κ3) is 6.07. The summed E-state index contributed by atoms with van der Waals surface area (Å²) in [6, 6.07) is 4.70. The number of carboxylic acids is 1. The number of aromatic hydroxyl groups is 1. The summed E-state index contributed by atoms with van der Waals surface area (Å²) in [5, 5.41) is 24.0. The first-order valence-corrected chi connectivity index (χ1v) is 12.9. The molecule has 2 amide bonds. The van der Waals surface area contributed by atoms with E-state index < -0.39 is 66.6 Å². The highest BCUT2D eigenvalue weighted by atomic mass is 31.2. The van der Waals surface area contributed by atoms with Crippen molar-refractivity contribution < 1.29 is 56.7 Å². The molecule has 2 aliphatic rings. The zero-order valence-electron chi connectivity index (χ0n) is 20.7. The Labute approximate surface area is 227 Å². The number of carbonyl (C=O) groups is 3. The summed E-state index contributed by atoms with van der Waals surface area (Å²) in [5.41, 5.74) is -2.60. The predicted molar refractivity (Wildman–Crippen MR) is 136 cm³/mol. The molecule has 13 nitrogen and oxygen atoms in total. The van der Waals surface area contributed by atoms with Crippen molar-refractivity contribution in [3.05, 3.63) is 75.4 Å². The Kier molecular flexibility index (Phi) is 7.90. The number of hydrogen-bond acceptors (Lipinski definition) is 8. The van der Waals surface area contributed by atoms with Gasteiger partial charge in [-0.2, -0.15) is 0 Å². The molecule has 16 heteroatoms. The lowest BCUT2D eigenvalue weighted by molar-refractivity contribution is -0.123. The van der Waals surface area contributed by atoms with Crippen LogP contribution in [0.25, 0.3) is 33.4 Å². The molecule has 214 valence electrons. The zero-order valence-corrected chi connectivity index (χ0v) is 21.6. The highest BCUT2D eigenvalue weighted by molar-refractivity contribution is 7.46. The standard InChI is InChI=1S/C25H19F2N2O11P/c1-28-24(33)17(9-39-41(36,37)38)29-23(32)10-2-3-11(25(34)35)12(4-10)22-13-5-15(26)18(30)7-20(13)40-21-8-19(31)16(27)6-14(21)22/h2-8,17,30H,9H2,1H3,(H,28,33)(H,29,32)(H,34,35)(H2,36,37,38). The Hall–Kier alpha value is -4.69. The van der Waals surface area contributed by atoms with Gasteiger partial charge in [0.15, 0.2) is 17.4 Å². The van der Waals surface area contributed by atoms with Gasteiger partial charge in [-0.25, -0.2) is 18.1 Å². The molecule has 0 saturated carbocycles. The minimum Gasteiger partial charge on any atom is -0.505 e. The molecule has 0 aromatic heterocycles. The first-order chi connectivity index (χ1) is 19.2. The largest absolute Gasteiger partial charge is 0.505 e. The van der Waals surface area contributed by atoms with Crippen LogP contribution in [0, 0.1) is 11.6 Å². The van der Waals surface area contributed by atoms with Gasteiger partial charge in [-0.3, -0.25) is 18.9 Å². The molecule has 41 heavy (non-hydrogen) atoms. The third-order valence-corrected chi connectivity index (χ3v) is 6.39. The average Bonchev–Trinajstić information content (AvgIpc) is 2.90. The number of phenols is 1. The van der Waals surface area contributed by atoms with Crippen molar-refractivity contribution >= 4 is 36.6 Å². The lowest BCUT2D eigenvalue weighted by atomic mass is 9.89. The highest BCUT2D eigenvalue weighted by Crippen LogP contribution is 2.43. The van der Waals surface area contributed by atoms with Gasteiger partial charge >= 0.3 is 13.8 Å². The van der Waals surface area contributed by atoms with Crippen LogP contribution < -0.4 is 16.1 Å². The number of phosphoric ester groups is 1. The van der Waals surface area contributed by atoms with Crippen LogP contribution in [-0.2, 0) is 13.9 Å². The highest BCUT2D eigenvalue weighted by Gasteiger charge is 2.28. The molecule has 2 aromatic carbocycles. The molecule has 4 rings (SSSR count). The summed E-state index contributed by atoms with van der Waals surface area (Å²) < 4.78 is 49.8. The lowest BCUT2D eigenvalue weighted by Crippen LogP contribution is -2.48. The first kappa shape index (κ1) is 29.3. The Morgan fingerprint density at radius 2 is 1.76 bits per heavy atom. The van der Waals surface area contributed by atoms with Crippen molar-refractivity contribution in [1.29, 1.82) is 0 Å². The van der Waals surface area contributed by atoms with Crippen LogP contribution in [0.5, 0.6) is 5.75 Å². The molecule has 1 unspecified atom stereocenters. The summed E-state index contributed by atoms with van der Waals surface area (Å²) >= 11 is 0. The molecule has 6 N–H and O–H groups in total. The fourth-order valence-electron chi connectivity index (χ4n) is 4.04. The van der Waals surface area contributed by atoms with Crippen molar-refractivity contribution in [2.75, 3.05) is 13.7 Å². The van der Waals surface area contributed by atoms with Crippen molar-refractivity contribution in [3.8, 4) is 28.2 Å². The van der Waals surface area contributed by atoms with Crippen molar-refractivity contribution in [2.45, 2.75) is 6.04 Å². The quantitative estimate of drug-likeness (QED) is 0.129. The second kappa shape index (κ2) is 11.1. The van der Waals surface area contributed by atoms with E-state index in [1.54, 1.807) is 0 Å². The van der Waals surface area contributed by atoms with E-state index in [0.29, 0.717) is 0 Å². The maximum Gasteiger partial charge on any atom is 0.469 e. The third-order valence-electron chi connectivity index (χ3n) is 5.90. The topological polar surface area (TPSA) is 213 Å². The van der Waals surface area contributed by atoms with Gasteiger partial charge in [-0.15, -0.1) is 0 Å². The van der Waals surface area contributed by atoms with Crippen LogP contribution in [-0.4, -0.2) is 57.5 Å². The van der Waals surface area contributed by atoms with Crippen molar-refractivity contribution in [1.82, 2.24) is 10.6 Å². The SMILES string of the molecule is CNC(=O)C(COP(=O)(O)O)NC(=O)c1ccc(C(=O)O)c(-c2c3cc(F)c(=O)cc-3oc3cc(O)c(F)cc23)c1. The van der Waals surface area contributed by atoms with Crippen LogP contribution in [0.4, 0.5) is 8.78 Å². The molecular weight excluding hydrogens is 573 g/mol. The summed E-state index contributed by atoms with van der Waals surface area (Å²) in [6.07, 6.45) is 0. The molecule has 0 bridgehead atoms. The smallest absolute Gasteiger partial charge is 0.469 e. The molecule has 0 fully saturated rings. The number of rotatable bonds is 8. The van der Waals surface area contributed by atoms with Gasteiger partial charge < -0.3 is 35.1 Å². The number of phenolic OH excluding ortho intramolecular Hbond substituents is 1. The Morgan fingerprint density at radius 1 is 1.05 bits per heavy atom. The van der Waals surface area contributed by atoms with E-state index >= 15 is 0 Å². The van der Waals surface area contributed by atoms with Gasteiger partial charge in [0.05, 0.1) is 12.2 Å². The maximum atomic E-state index is 14.5. The van der Waals surface area contributed by atoms with Gasteiger partial charge in [0.25, 0.3) is 5.91 Å². The van der Waals surface area contributed by atoms with Gasteiger partial charge in [0, 0.05) is 41.3 Å². The van der Waals surface area contributed by atoms with Crippen LogP contribution in [0.15, 0.2) is 51.7 Å². The number of nitrogens with one attached hydrogen (secondary N) is 2. The Bertz CT molecular complexity index is 1800. The van der Waals surface area contributed by atoms with Crippen LogP contribution in [0.2, 0.25) is 0 Å². The molecule has 0 saturated heterocycles. The van der Waals surface area contributed by atoms with Gasteiger partial charge in [-0.05, 0) is 35.9 Å². The molecular formula is C25H19F2N2O11P. The zero-order chi connectivity index (χ0) is 30.2. The summed E-state index contributed by atoms with van der Waals surface area (Å²) in [7, 11) is -3.83. The molecule has 0 radical (unpaired) electrons. The molecule has 1 aliphatic carbocycles. The Morgan fingerprint density at radius 3 is 2.39 bits per heavy atom. The maximum absolute atomic E-state index is 14.5. The number of halogens is 2. The summed E-state index contributed by atoms with van der Waals surface area (Å²) in [4.78, 5) is 67.3. The predicted octanol–water partition coefficient (Wildman–Crippen LogP) is 2.20. The monoisotopic (exact) mass is 592 g/mol. The number of likely N-dealkylation sites (N-methyl/N-ethyl adjacent to an activating group) is 1. The Balaban J connectivity index is 1.94. The number of benzene rings is 3.